The molecule has 3 heterocycles. The van der Waals surface area contributed by atoms with Gasteiger partial charge in [0.2, 0.25) is 5.91 Å². The lowest BCUT2D eigenvalue weighted by Crippen LogP contribution is -2.40. The second-order valence-electron chi connectivity index (χ2n) is 10.9. The van der Waals surface area contributed by atoms with Crippen molar-refractivity contribution in [3.63, 3.8) is 0 Å². The van der Waals surface area contributed by atoms with Crippen LogP contribution in [-0.2, 0) is 16.1 Å². The lowest BCUT2D eigenvalue weighted by Gasteiger charge is -2.26. The Kier molecular flexibility index (Phi) is 11.2. The van der Waals surface area contributed by atoms with E-state index in [-0.39, 0.29) is 24.8 Å². The van der Waals surface area contributed by atoms with Crippen LogP contribution in [0.1, 0.15) is 31.5 Å². The number of nitriles is 1. The molecule has 1 saturated heterocycles. The van der Waals surface area contributed by atoms with Gasteiger partial charge in [-0.05, 0) is 50.2 Å². The lowest BCUT2D eigenvalue weighted by atomic mass is 10.1. The highest BCUT2D eigenvalue weighted by atomic mass is 35.5. The average molecular weight is 659 g/mol. The molecule has 1 fully saturated rings. The summed E-state index contributed by atoms with van der Waals surface area (Å²) in [5.74, 6) is 0.411. The molecule has 0 saturated carbocycles. The van der Waals surface area contributed by atoms with Crippen molar-refractivity contribution in [2.24, 2.45) is 0 Å². The van der Waals surface area contributed by atoms with Gasteiger partial charge in [0.1, 0.15) is 42.7 Å². The van der Waals surface area contributed by atoms with E-state index in [9.17, 15) is 20.3 Å². The van der Waals surface area contributed by atoms with Gasteiger partial charge in [0.25, 0.3) is 0 Å². The summed E-state index contributed by atoms with van der Waals surface area (Å²) in [6, 6.07) is 16.4. The number of hydrogen-bond donors (Lipinski definition) is 4. The Hall–Kier alpha value is -4.77. The summed E-state index contributed by atoms with van der Waals surface area (Å²) in [5.41, 5.74) is 2.98. The Morgan fingerprint density at radius 1 is 1.19 bits per heavy atom. The third kappa shape index (κ3) is 8.74. The standard InChI is InChI=1S/C34H35ClN6O6/c1-21(42)41(22(2)43)12-5-7-33(44)40-30-15-27-29(16-32(30)47-26-10-13-45-20-26)38-18-23(17-36)34(27)39-24-8-9-31(28(35)14-24)46-19-25-6-3-4-11-37-25/h3-9,11,14-16,18,21-22,26,42-43H,10,12-13,19-20H2,1-2H3,(H,38,39)(H,40,44)/b7-5+/t21-,22?,26?/m0/s1. The number of ether oxygens (including phenoxy) is 3. The summed E-state index contributed by atoms with van der Waals surface area (Å²) < 4.78 is 17.5. The van der Waals surface area contributed by atoms with E-state index in [1.165, 1.54) is 37.1 Å². The summed E-state index contributed by atoms with van der Waals surface area (Å²) >= 11 is 6.56. The fourth-order valence-electron chi connectivity index (χ4n) is 4.97. The molecule has 13 heteroatoms. The Morgan fingerprint density at radius 3 is 2.70 bits per heavy atom. The molecule has 3 atom stereocenters. The number of amides is 1. The molecular weight excluding hydrogens is 624 g/mol. The predicted octanol–water partition coefficient (Wildman–Crippen LogP) is 5.12. The Morgan fingerprint density at radius 2 is 2.02 bits per heavy atom. The van der Waals surface area contributed by atoms with Crippen molar-refractivity contribution in [1.29, 1.82) is 5.26 Å². The monoisotopic (exact) mass is 658 g/mol. The van der Waals surface area contributed by atoms with Gasteiger partial charge in [0.15, 0.2) is 0 Å². The first-order chi connectivity index (χ1) is 22.7. The van der Waals surface area contributed by atoms with Crippen LogP contribution in [0.15, 0.2) is 73.1 Å². The van der Waals surface area contributed by atoms with E-state index in [0.717, 1.165) is 5.69 Å². The zero-order valence-electron chi connectivity index (χ0n) is 25.9. The van der Waals surface area contributed by atoms with Crippen LogP contribution in [0.25, 0.3) is 10.9 Å². The van der Waals surface area contributed by atoms with Crippen LogP contribution in [-0.4, -0.2) is 69.3 Å². The molecule has 5 rings (SSSR count). The zero-order chi connectivity index (χ0) is 33.3. The number of carbonyl (C=O) groups is 1. The number of aliphatic hydroxyl groups excluding tert-OH is 2. The number of nitrogens with one attached hydrogen (secondary N) is 2. The summed E-state index contributed by atoms with van der Waals surface area (Å²) in [4.78, 5) is 23.2. The number of carbonyl (C=O) groups excluding carboxylic acids is 1. The van der Waals surface area contributed by atoms with Crippen LogP contribution in [0.5, 0.6) is 11.5 Å². The lowest BCUT2D eigenvalue weighted by molar-refractivity contribution is -0.112. The number of hydrogen-bond acceptors (Lipinski definition) is 11. The van der Waals surface area contributed by atoms with Gasteiger partial charge >= 0.3 is 0 Å². The number of aromatic nitrogens is 2. The molecule has 0 aliphatic carbocycles. The van der Waals surface area contributed by atoms with E-state index in [4.69, 9.17) is 25.8 Å². The van der Waals surface area contributed by atoms with Gasteiger partial charge in [-0.2, -0.15) is 5.26 Å². The van der Waals surface area contributed by atoms with Crippen LogP contribution < -0.4 is 20.1 Å². The van der Waals surface area contributed by atoms with Crippen molar-refractivity contribution >= 4 is 45.5 Å². The highest BCUT2D eigenvalue weighted by molar-refractivity contribution is 6.32. The second kappa shape index (κ2) is 15.7. The molecule has 12 nitrogen and oxygen atoms in total. The SMILES string of the molecule is CC(O)N(C/C=C/C(=O)Nc1cc2c(Nc3ccc(OCc4ccccn4)c(Cl)c3)c(C#N)cnc2cc1OC1CCOC1)[C@H](C)O. The Bertz CT molecular complexity index is 1760. The van der Waals surface area contributed by atoms with Gasteiger partial charge in [-0.3, -0.25) is 14.8 Å². The van der Waals surface area contributed by atoms with Crippen molar-refractivity contribution in [3.05, 3.63) is 89.4 Å². The molecular formula is C34H35ClN6O6. The van der Waals surface area contributed by atoms with Crippen LogP contribution in [0, 0.1) is 11.3 Å². The molecule has 1 aliphatic heterocycles. The summed E-state index contributed by atoms with van der Waals surface area (Å²) in [6.07, 6.45) is 4.68. The maximum Gasteiger partial charge on any atom is 0.248 e. The number of fused-ring (bicyclic) bond motifs is 1. The van der Waals surface area contributed by atoms with Gasteiger partial charge < -0.3 is 35.1 Å². The molecule has 4 aromatic rings. The first-order valence-corrected chi connectivity index (χ1v) is 15.4. The van der Waals surface area contributed by atoms with Crippen molar-refractivity contribution in [2.75, 3.05) is 30.4 Å². The molecule has 47 heavy (non-hydrogen) atoms. The zero-order valence-corrected chi connectivity index (χ0v) is 26.6. The Balaban J connectivity index is 1.43. The topological polar surface area (TPSA) is 162 Å². The summed E-state index contributed by atoms with van der Waals surface area (Å²) in [5, 5.41) is 36.8. The summed E-state index contributed by atoms with van der Waals surface area (Å²) in [6.45, 7) is 4.43. The number of benzene rings is 2. The molecule has 0 spiro atoms. The molecule has 2 aromatic carbocycles. The average Bonchev–Trinajstić information content (AvgIpc) is 3.56. The molecule has 0 radical (unpaired) electrons. The highest BCUT2D eigenvalue weighted by Gasteiger charge is 2.22. The van der Waals surface area contributed by atoms with Crippen LogP contribution in [0.4, 0.5) is 17.1 Å². The van der Waals surface area contributed by atoms with Crippen molar-refractivity contribution in [2.45, 2.75) is 45.4 Å². The molecule has 2 aromatic heterocycles. The normalized spacial score (nSPS) is 15.8. The van der Waals surface area contributed by atoms with E-state index in [1.807, 2.05) is 18.2 Å². The minimum absolute atomic E-state index is 0.141. The van der Waals surface area contributed by atoms with E-state index in [2.05, 4.69) is 26.7 Å². The third-order valence-corrected chi connectivity index (χ3v) is 7.67. The molecule has 0 bridgehead atoms. The third-order valence-electron chi connectivity index (χ3n) is 7.38. The summed E-state index contributed by atoms with van der Waals surface area (Å²) in [7, 11) is 0. The van der Waals surface area contributed by atoms with Gasteiger partial charge in [0, 0.05) is 48.6 Å². The fourth-order valence-corrected chi connectivity index (χ4v) is 5.20. The maximum absolute atomic E-state index is 13.0. The van der Waals surface area contributed by atoms with Crippen molar-refractivity contribution < 1.29 is 29.2 Å². The quantitative estimate of drug-likeness (QED) is 0.111. The minimum atomic E-state index is -0.908. The molecule has 1 amide bonds. The van der Waals surface area contributed by atoms with Crippen LogP contribution >= 0.6 is 11.6 Å². The number of nitrogens with zero attached hydrogens (tertiary/aromatic N) is 4. The number of rotatable bonds is 13. The molecule has 1 aliphatic rings. The highest BCUT2D eigenvalue weighted by Crippen LogP contribution is 2.38. The number of pyridine rings is 2. The van der Waals surface area contributed by atoms with Crippen LogP contribution in [0.3, 0.4) is 0 Å². The minimum Gasteiger partial charge on any atom is -0.486 e. The molecule has 2 unspecified atom stereocenters. The van der Waals surface area contributed by atoms with E-state index in [0.29, 0.717) is 64.1 Å². The van der Waals surface area contributed by atoms with E-state index < -0.39 is 18.4 Å². The smallest absolute Gasteiger partial charge is 0.248 e. The van der Waals surface area contributed by atoms with Gasteiger partial charge in [-0.25, -0.2) is 4.90 Å². The predicted molar refractivity (Wildman–Crippen MR) is 177 cm³/mol. The molecule has 4 N–H and O–H groups in total. The van der Waals surface area contributed by atoms with Gasteiger partial charge in [-0.15, -0.1) is 0 Å². The van der Waals surface area contributed by atoms with Crippen LogP contribution in [0.2, 0.25) is 5.02 Å². The van der Waals surface area contributed by atoms with Gasteiger partial charge in [0.05, 0.1) is 46.4 Å². The van der Waals surface area contributed by atoms with E-state index >= 15 is 0 Å². The first-order valence-electron chi connectivity index (χ1n) is 15.0. The molecule has 244 valence electrons. The number of anilines is 3. The fraction of sp³-hybridized carbons (Fsp3) is 0.294. The van der Waals surface area contributed by atoms with Crippen molar-refractivity contribution in [3.8, 4) is 17.6 Å². The van der Waals surface area contributed by atoms with Crippen molar-refractivity contribution in [1.82, 2.24) is 14.9 Å². The maximum atomic E-state index is 13.0. The number of aliphatic hydroxyl groups is 2. The second-order valence-corrected chi connectivity index (χ2v) is 11.3. The largest absolute Gasteiger partial charge is 0.486 e. The first kappa shape index (κ1) is 33.6. The number of halogens is 1. The Labute approximate surface area is 277 Å². The van der Waals surface area contributed by atoms with Gasteiger partial charge in [-0.1, -0.05) is 23.7 Å². The van der Waals surface area contributed by atoms with E-state index in [1.54, 1.807) is 36.5 Å².